The van der Waals surface area contributed by atoms with Gasteiger partial charge in [0, 0.05) is 6.04 Å². The van der Waals surface area contributed by atoms with Gasteiger partial charge in [-0.15, -0.1) is 0 Å². The fourth-order valence-electron chi connectivity index (χ4n) is 2.87. The second-order valence-corrected chi connectivity index (χ2v) is 5.41. The highest BCUT2D eigenvalue weighted by atomic mass is 16.2. The zero-order valence-corrected chi connectivity index (χ0v) is 10.7. The molecule has 4 nitrogen and oxygen atoms in total. The standard InChI is InChI=1S/C13H22N2O2/c1-3-11-13(17)15(8-12(16)14-11)10-6-4-9(2)5-7-10/h9-11H,3-8H2,1-2H3,(H,14,16). The predicted molar refractivity (Wildman–Crippen MR) is 65.4 cm³/mol. The molecular weight excluding hydrogens is 216 g/mol. The third-order valence-electron chi connectivity index (χ3n) is 4.06. The molecule has 0 bridgehead atoms. The topological polar surface area (TPSA) is 49.4 Å². The van der Waals surface area contributed by atoms with Crippen LogP contribution in [0.1, 0.15) is 46.0 Å². The number of carbonyl (C=O) groups is 2. The molecule has 2 aliphatic rings. The first kappa shape index (κ1) is 12.4. The van der Waals surface area contributed by atoms with Crippen molar-refractivity contribution < 1.29 is 9.59 Å². The summed E-state index contributed by atoms with van der Waals surface area (Å²) in [6.45, 7) is 4.46. The molecule has 96 valence electrons. The van der Waals surface area contributed by atoms with Crippen molar-refractivity contribution in [1.29, 1.82) is 0 Å². The third-order valence-corrected chi connectivity index (χ3v) is 4.06. The van der Waals surface area contributed by atoms with Crippen LogP contribution in [-0.4, -0.2) is 35.3 Å². The summed E-state index contributed by atoms with van der Waals surface area (Å²) in [6.07, 6.45) is 5.14. The average molecular weight is 238 g/mol. The first-order chi connectivity index (χ1) is 8.11. The SMILES string of the molecule is CCC1NC(=O)CN(C2CCC(C)CC2)C1=O. The lowest BCUT2D eigenvalue weighted by atomic mass is 9.86. The molecule has 2 amide bonds. The fraction of sp³-hybridized carbons (Fsp3) is 0.846. The van der Waals surface area contributed by atoms with E-state index < -0.39 is 0 Å². The summed E-state index contributed by atoms with van der Waals surface area (Å²) in [5.74, 6) is 0.878. The third kappa shape index (κ3) is 2.61. The van der Waals surface area contributed by atoms with Crippen LogP contribution >= 0.6 is 0 Å². The molecule has 1 atom stereocenters. The molecule has 1 saturated carbocycles. The molecule has 0 radical (unpaired) electrons. The van der Waals surface area contributed by atoms with Crippen LogP contribution in [0.5, 0.6) is 0 Å². The van der Waals surface area contributed by atoms with Gasteiger partial charge in [0.05, 0.1) is 6.54 Å². The van der Waals surface area contributed by atoms with E-state index in [1.807, 2.05) is 11.8 Å². The van der Waals surface area contributed by atoms with Crippen LogP contribution < -0.4 is 5.32 Å². The molecule has 4 heteroatoms. The van der Waals surface area contributed by atoms with Gasteiger partial charge in [-0.2, -0.15) is 0 Å². The van der Waals surface area contributed by atoms with E-state index in [1.165, 1.54) is 12.8 Å². The van der Waals surface area contributed by atoms with Crippen molar-refractivity contribution in [3.05, 3.63) is 0 Å². The minimum absolute atomic E-state index is 0.00456. The van der Waals surface area contributed by atoms with Crippen molar-refractivity contribution in [2.75, 3.05) is 6.54 Å². The van der Waals surface area contributed by atoms with E-state index in [-0.39, 0.29) is 24.4 Å². The number of nitrogens with zero attached hydrogens (tertiary/aromatic N) is 1. The Hall–Kier alpha value is -1.06. The fourth-order valence-corrected chi connectivity index (χ4v) is 2.87. The van der Waals surface area contributed by atoms with Crippen LogP contribution in [0, 0.1) is 5.92 Å². The van der Waals surface area contributed by atoms with E-state index in [0.717, 1.165) is 18.8 Å². The second kappa shape index (κ2) is 5.07. The quantitative estimate of drug-likeness (QED) is 0.788. The molecule has 1 N–H and O–H groups in total. The van der Waals surface area contributed by atoms with Crippen LogP contribution in [-0.2, 0) is 9.59 Å². The van der Waals surface area contributed by atoms with Crippen molar-refractivity contribution in [1.82, 2.24) is 10.2 Å². The van der Waals surface area contributed by atoms with Crippen LogP contribution in [0.2, 0.25) is 0 Å². The van der Waals surface area contributed by atoms with Gasteiger partial charge < -0.3 is 10.2 Å². The zero-order chi connectivity index (χ0) is 12.4. The van der Waals surface area contributed by atoms with Gasteiger partial charge in [-0.3, -0.25) is 9.59 Å². The number of hydrogen-bond donors (Lipinski definition) is 1. The van der Waals surface area contributed by atoms with Gasteiger partial charge in [0.25, 0.3) is 0 Å². The summed E-state index contributed by atoms with van der Waals surface area (Å²) >= 11 is 0. The van der Waals surface area contributed by atoms with Crippen molar-refractivity contribution in [2.45, 2.75) is 58.0 Å². The number of hydrogen-bond acceptors (Lipinski definition) is 2. The van der Waals surface area contributed by atoms with Gasteiger partial charge in [-0.05, 0) is 38.0 Å². The van der Waals surface area contributed by atoms with Crippen LogP contribution in [0.15, 0.2) is 0 Å². The first-order valence-electron chi connectivity index (χ1n) is 6.71. The van der Waals surface area contributed by atoms with Gasteiger partial charge >= 0.3 is 0 Å². The van der Waals surface area contributed by atoms with Crippen molar-refractivity contribution in [3.63, 3.8) is 0 Å². The van der Waals surface area contributed by atoms with E-state index in [2.05, 4.69) is 12.2 Å². The van der Waals surface area contributed by atoms with Gasteiger partial charge in [-0.25, -0.2) is 0 Å². The summed E-state index contributed by atoms with van der Waals surface area (Å²) < 4.78 is 0. The molecule has 1 unspecified atom stereocenters. The summed E-state index contributed by atoms with van der Waals surface area (Å²) in [6, 6.07) is -0.00519. The van der Waals surface area contributed by atoms with Crippen molar-refractivity contribution in [3.8, 4) is 0 Å². The molecule has 0 aromatic heterocycles. The molecule has 17 heavy (non-hydrogen) atoms. The van der Waals surface area contributed by atoms with E-state index in [1.54, 1.807) is 0 Å². The lowest BCUT2D eigenvalue weighted by molar-refractivity contribution is -0.147. The highest BCUT2D eigenvalue weighted by Crippen LogP contribution is 2.28. The molecule has 2 fully saturated rings. The number of amides is 2. The summed E-state index contributed by atoms with van der Waals surface area (Å²) in [5.41, 5.74) is 0. The minimum Gasteiger partial charge on any atom is -0.343 e. The Labute approximate surface area is 103 Å². The maximum Gasteiger partial charge on any atom is 0.245 e. The summed E-state index contributed by atoms with van der Waals surface area (Å²) in [7, 11) is 0. The van der Waals surface area contributed by atoms with Crippen molar-refractivity contribution in [2.24, 2.45) is 5.92 Å². The van der Waals surface area contributed by atoms with Gasteiger partial charge in [-0.1, -0.05) is 13.8 Å². The molecule has 0 aromatic carbocycles. The summed E-state index contributed by atoms with van der Waals surface area (Å²) in [4.78, 5) is 25.6. The van der Waals surface area contributed by atoms with Crippen LogP contribution in [0.3, 0.4) is 0 Å². The lowest BCUT2D eigenvalue weighted by Crippen LogP contribution is -2.60. The van der Waals surface area contributed by atoms with Crippen LogP contribution in [0.4, 0.5) is 0 Å². The Bertz CT molecular complexity index is 309. The second-order valence-electron chi connectivity index (χ2n) is 5.41. The average Bonchev–Trinajstić information content (AvgIpc) is 2.33. The molecule has 1 saturated heterocycles. The number of rotatable bonds is 2. The zero-order valence-electron chi connectivity index (χ0n) is 10.7. The van der Waals surface area contributed by atoms with Crippen LogP contribution in [0.25, 0.3) is 0 Å². The first-order valence-corrected chi connectivity index (χ1v) is 6.71. The summed E-state index contributed by atoms with van der Waals surface area (Å²) in [5, 5.41) is 2.76. The maximum atomic E-state index is 12.2. The highest BCUT2D eigenvalue weighted by molar-refractivity contribution is 5.94. The number of nitrogens with one attached hydrogen (secondary N) is 1. The molecule has 0 aromatic rings. The van der Waals surface area contributed by atoms with E-state index in [0.29, 0.717) is 12.5 Å². The number of carbonyl (C=O) groups excluding carboxylic acids is 2. The normalized spacial score (nSPS) is 34.7. The van der Waals surface area contributed by atoms with Crippen molar-refractivity contribution >= 4 is 11.8 Å². The van der Waals surface area contributed by atoms with Gasteiger partial charge in [0.2, 0.25) is 11.8 Å². The van der Waals surface area contributed by atoms with E-state index in [4.69, 9.17) is 0 Å². The molecule has 2 rings (SSSR count). The molecule has 1 aliphatic heterocycles. The highest BCUT2D eigenvalue weighted by Gasteiger charge is 2.36. The van der Waals surface area contributed by atoms with E-state index in [9.17, 15) is 9.59 Å². The lowest BCUT2D eigenvalue weighted by Gasteiger charge is -2.40. The minimum atomic E-state index is -0.296. The molecule has 1 aliphatic carbocycles. The molecular formula is C13H22N2O2. The smallest absolute Gasteiger partial charge is 0.245 e. The van der Waals surface area contributed by atoms with Gasteiger partial charge in [0.15, 0.2) is 0 Å². The predicted octanol–water partition coefficient (Wildman–Crippen LogP) is 1.30. The molecule has 0 spiro atoms. The Balaban J connectivity index is 2.03. The Kier molecular flexibility index (Phi) is 3.69. The Morgan fingerprint density at radius 3 is 2.47 bits per heavy atom. The molecule has 1 heterocycles. The Morgan fingerprint density at radius 2 is 1.88 bits per heavy atom. The maximum absolute atomic E-state index is 12.2. The largest absolute Gasteiger partial charge is 0.343 e. The monoisotopic (exact) mass is 238 g/mol. The Morgan fingerprint density at radius 1 is 1.24 bits per heavy atom. The number of piperazine rings is 1. The van der Waals surface area contributed by atoms with E-state index >= 15 is 0 Å². The van der Waals surface area contributed by atoms with Gasteiger partial charge in [0.1, 0.15) is 6.04 Å².